The monoisotopic (exact) mass is 629 g/mol. The molecule has 13 nitrogen and oxygen atoms in total. The molecule has 0 aromatic rings. The second-order valence-corrected chi connectivity index (χ2v) is 7.93. The van der Waals surface area contributed by atoms with Gasteiger partial charge in [-0.1, -0.05) is 50.7 Å². The molecule has 0 spiro atoms. The Kier molecular flexibility index (Phi) is 22.2. The van der Waals surface area contributed by atoms with Crippen molar-refractivity contribution in [3.8, 4) is 0 Å². The van der Waals surface area contributed by atoms with E-state index in [1.807, 2.05) is 0 Å². The number of hydrogen-bond acceptors (Lipinski definition) is 4. The topological polar surface area (TPSA) is 204 Å². The SMILES string of the molecule is C1=CC[N-]C(C2CCCC(C3CCCC[N-]3)[N-]2)=C1.CC(O)CC(C)O.O=[N+](O)O.O=[N+](O)O.[Eu+3]. The third kappa shape index (κ3) is 20.5. The molecule has 14 heteroatoms. The minimum absolute atomic E-state index is 0. The van der Waals surface area contributed by atoms with E-state index in [0.29, 0.717) is 24.5 Å². The molecule has 2 saturated heterocycles. The molecule has 0 saturated carbocycles. The average Bonchev–Trinajstić information content (AvgIpc) is 2.74. The molecule has 2 fully saturated rings. The Bertz CT molecular complexity index is 590. The minimum atomic E-state index is -1.25. The van der Waals surface area contributed by atoms with Gasteiger partial charge >= 0.3 is 59.5 Å². The van der Waals surface area contributed by atoms with Crippen molar-refractivity contribution >= 4 is 0 Å². The third-order valence-corrected chi connectivity index (χ3v) is 4.87. The van der Waals surface area contributed by atoms with Crippen LogP contribution in [0.15, 0.2) is 23.9 Å². The van der Waals surface area contributed by atoms with Gasteiger partial charge in [0.2, 0.25) is 0 Å². The molecule has 6 N–H and O–H groups in total. The summed E-state index contributed by atoms with van der Waals surface area (Å²) in [5, 5.41) is 56.6. The van der Waals surface area contributed by atoms with Gasteiger partial charge in [-0.15, -0.1) is 25.2 Å². The molecule has 3 heterocycles. The fraction of sp³-hybridized carbons (Fsp3) is 0.800. The summed E-state index contributed by atoms with van der Waals surface area (Å²) in [4.78, 5) is 16.9. The van der Waals surface area contributed by atoms with E-state index in [1.165, 1.54) is 44.2 Å². The van der Waals surface area contributed by atoms with Crippen molar-refractivity contribution in [2.75, 3.05) is 13.1 Å². The van der Waals surface area contributed by atoms with E-state index in [-0.39, 0.29) is 61.6 Å². The van der Waals surface area contributed by atoms with Crippen molar-refractivity contribution in [1.29, 1.82) is 0 Å². The number of aliphatic hydroxyl groups excluding tert-OH is 2. The standard InChI is InChI=1S/C15H22N3.C5H12O2.Eu.2H2NO3/c1-3-10-16-12(6-1)14-8-5-9-15(18-14)13-7-2-4-11-17-13;1-4(6)3-5(2)7;;2*2-1(3)4/h1,3,6,13-15H,2,4-5,7-11H2;4-7H,3H2,1-2H3;;2*(H2,2,3,4)/q-3;;+3;2*+1. The average molecular weight is 629 g/mol. The van der Waals surface area contributed by atoms with Gasteiger partial charge in [0.05, 0.1) is 12.2 Å². The minimum Gasteiger partial charge on any atom is -0.686 e. The second-order valence-electron chi connectivity index (χ2n) is 7.93. The Morgan fingerprint density at radius 3 is 1.91 bits per heavy atom. The molecule has 0 aliphatic carbocycles. The summed E-state index contributed by atoms with van der Waals surface area (Å²) < 4.78 is 0. The quantitative estimate of drug-likeness (QED) is 0.254. The van der Waals surface area contributed by atoms with E-state index in [4.69, 9.17) is 51.5 Å². The van der Waals surface area contributed by atoms with Crippen LogP contribution in [0.2, 0.25) is 0 Å². The second kappa shape index (κ2) is 21.4. The number of nitrogens with zero attached hydrogens (tertiary/aromatic N) is 5. The summed E-state index contributed by atoms with van der Waals surface area (Å²) in [5.41, 5.74) is 1.19. The first-order valence-electron chi connectivity index (χ1n) is 11.0. The van der Waals surface area contributed by atoms with Crippen molar-refractivity contribution in [3.63, 3.8) is 0 Å². The van der Waals surface area contributed by atoms with Gasteiger partial charge in [-0.2, -0.15) is 17.8 Å². The molecule has 0 amide bonds. The summed E-state index contributed by atoms with van der Waals surface area (Å²) in [6.45, 7) is 5.20. The normalized spacial score (nSPS) is 24.8. The maximum absolute atomic E-state index is 8.56. The van der Waals surface area contributed by atoms with E-state index >= 15 is 0 Å². The van der Waals surface area contributed by atoms with Crippen molar-refractivity contribution in [1.82, 2.24) is 0 Å². The van der Waals surface area contributed by atoms with Crippen LogP contribution in [0.25, 0.3) is 16.0 Å². The van der Waals surface area contributed by atoms with E-state index in [9.17, 15) is 0 Å². The van der Waals surface area contributed by atoms with Gasteiger partial charge in [-0.05, 0) is 20.3 Å². The van der Waals surface area contributed by atoms with Gasteiger partial charge in [-0.25, -0.2) is 20.8 Å². The zero-order valence-electron chi connectivity index (χ0n) is 19.6. The largest absolute Gasteiger partial charge is 3.00 e. The summed E-state index contributed by atoms with van der Waals surface area (Å²) in [6.07, 6.45) is 13.6. The molecule has 3 rings (SSSR count). The summed E-state index contributed by atoms with van der Waals surface area (Å²) in [5.74, 6) is 0. The molecule has 0 aromatic carbocycles. The van der Waals surface area contributed by atoms with E-state index < -0.39 is 10.2 Å². The molecule has 5 atom stereocenters. The molecule has 196 valence electrons. The van der Waals surface area contributed by atoms with Crippen LogP contribution >= 0.6 is 0 Å². The first kappa shape index (κ1) is 35.3. The zero-order chi connectivity index (χ0) is 25.2. The predicted octanol–water partition coefficient (Wildman–Crippen LogP) is 3.26. The van der Waals surface area contributed by atoms with Crippen molar-refractivity contribution in [3.05, 3.63) is 49.7 Å². The molecule has 34 heavy (non-hydrogen) atoms. The van der Waals surface area contributed by atoms with Gasteiger partial charge in [-0.3, -0.25) is 0 Å². The maximum Gasteiger partial charge on any atom is 3.00 e. The number of allylic oxidation sites excluding steroid dienone is 2. The Balaban J connectivity index is 0. The number of hydrogen-bond donors (Lipinski definition) is 6. The predicted molar refractivity (Wildman–Crippen MR) is 118 cm³/mol. The van der Waals surface area contributed by atoms with Crippen LogP contribution in [0.1, 0.15) is 58.8 Å². The van der Waals surface area contributed by atoms with Crippen molar-refractivity contribution < 1.29 is 90.6 Å². The molecular formula is C20H38EuN5O8+2. The summed E-state index contributed by atoms with van der Waals surface area (Å²) in [7, 11) is 0. The number of piperidine rings is 2. The van der Waals surface area contributed by atoms with Crippen LogP contribution in [0, 0.1) is 59.2 Å². The van der Waals surface area contributed by atoms with Crippen LogP contribution in [0.3, 0.4) is 0 Å². The van der Waals surface area contributed by atoms with Crippen LogP contribution < -0.4 is 0 Å². The van der Waals surface area contributed by atoms with Gasteiger partial charge in [0.1, 0.15) is 9.81 Å². The van der Waals surface area contributed by atoms with Gasteiger partial charge in [0, 0.05) is 0 Å². The summed E-state index contributed by atoms with van der Waals surface area (Å²) in [6, 6.07) is 1.30. The maximum atomic E-state index is 8.56. The van der Waals surface area contributed by atoms with Crippen LogP contribution in [0.5, 0.6) is 0 Å². The molecule has 3 aliphatic rings. The van der Waals surface area contributed by atoms with Crippen molar-refractivity contribution in [2.45, 2.75) is 89.1 Å². The Morgan fingerprint density at radius 1 is 0.941 bits per heavy atom. The molecule has 3 aliphatic heterocycles. The van der Waals surface area contributed by atoms with Crippen LogP contribution in [0.4, 0.5) is 0 Å². The number of aliphatic hydroxyl groups is 2. The number of rotatable bonds is 4. The van der Waals surface area contributed by atoms with Crippen LogP contribution in [-0.2, 0) is 0 Å². The Morgan fingerprint density at radius 2 is 1.50 bits per heavy atom. The van der Waals surface area contributed by atoms with E-state index in [2.05, 4.69) is 23.5 Å². The zero-order valence-corrected chi connectivity index (χ0v) is 22.0. The fourth-order valence-corrected chi connectivity index (χ4v) is 3.69. The summed E-state index contributed by atoms with van der Waals surface area (Å²) >= 11 is 0. The van der Waals surface area contributed by atoms with E-state index in [0.717, 1.165) is 13.1 Å². The fourth-order valence-electron chi connectivity index (χ4n) is 3.69. The molecule has 5 unspecified atom stereocenters. The van der Waals surface area contributed by atoms with Gasteiger partial charge < -0.3 is 26.2 Å². The van der Waals surface area contributed by atoms with Crippen molar-refractivity contribution in [2.24, 2.45) is 0 Å². The van der Waals surface area contributed by atoms with Crippen LogP contribution in [-0.4, -0.2) is 84.6 Å². The van der Waals surface area contributed by atoms with Gasteiger partial charge in [0.25, 0.3) is 0 Å². The Hall–Kier alpha value is -0.896. The first-order valence-corrected chi connectivity index (χ1v) is 11.0. The molecule has 0 aromatic heterocycles. The first-order chi connectivity index (χ1) is 15.5. The molecule has 0 bridgehead atoms. The van der Waals surface area contributed by atoms with E-state index in [1.54, 1.807) is 13.8 Å². The molecule has 0 radical (unpaired) electrons. The smallest absolute Gasteiger partial charge is 0.686 e. The third-order valence-electron chi connectivity index (χ3n) is 4.87. The molecular weight excluding hydrogens is 590 g/mol. The van der Waals surface area contributed by atoms with Gasteiger partial charge in [0.15, 0.2) is 0 Å². The Labute approximate surface area is 240 Å².